The highest BCUT2D eigenvalue weighted by atomic mass is 16.5. The molecule has 3 unspecified atom stereocenters. The molecule has 0 spiro atoms. The quantitative estimate of drug-likeness (QED) is 0.663. The van der Waals surface area contributed by atoms with Gasteiger partial charge in [-0.2, -0.15) is 0 Å². The van der Waals surface area contributed by atoms with Gasteiger partial charge in [-0.05, 0) is 42.4 Å². The maximum Gasteiger partial charge on any atom is 0.161 e. The van der Waals surface area contributed by atoms with E-state index in [9.17, 15) is 0 Å². The van der Waals surface area contributed by atoms with Crippen molar-refractivity contribution < 1.29 is 9.47 Å². The Hall–Kier alpha value is -1.26. The van der Waals surface area contributed by atoms with Crippen molar-refractivity contribution in [3.63, 3.8) is 0 Å². The highest BCUT2D eigenvalue weighted by Gasteiger charge is 2.28. The molecule has 0 saturated heterocycles. The van der Waals surface area contributed by atoms with Crippen LogP contribution < -0.4 is 20.7 Å². The smallest absolute Gasteiger partial charge is 0.161 e. The Bertz CT molecular complexity index is 478. The van der Waals surface area contributed by atoms with Gasteiger partial charge in [0.05, 0.1) is 13.2 Å². The molecule has 1 aromatic carbocycles. The van der Waals surface area contributed by atoms with Crippen molar-refractivity contribution >= 4 is 0 Å². The number of rotatable bonds is 3. The lowest BCUT2D eigenvalue weighted by Gasteiger charge is -2.33. The molecule has 21 heavy (non-hydrogen) atoms. The fourth-order valence-corrected chi connectivity index (χ4v) is 3.66. The minimum atomic E-state index is 0.199. The molecule has 0 aromatic heterocycles. The molecule has 0 amide bonds. The van der Waals surface area contributed by atoms with Gasteiger partial charge in [0.15, 0.2) is 11.5 Å². The molecular formula is C17H26N2O2. The van der Waals surface area contributed by atoms with Crippen LogP contribution in [0.25, 0.3) is 0 Å². The van der Waals surface area contributed by atoms with Crippen molar-refractivity contribution in [1.82, 2.24) is 5.43 Å². The molecule has 3 N–H and O–H groups in total. The molecule has 116 valence electrons. The normalized spacial score (nSPS) is 27.0. The Balaban J connectivity index is 1.81. The van der Waals surface area contributed by atoms with E-state index >= 15 is 0 Å². The number of hydrogen-bond acceptors (Lipinski definition) is 4. The predicted molar refractivity (Wildman–Crippen MR) is 83.2 cm³/mol. The Labute approximate surface area is 127 Å². The standard InChI is InChI=1S/C17H26N2O2/c1-12-4-2-5-13(10-12)17(19-18)14-6-7-15-16(11-14)21-9-3-8-20-15/h6-7,11-13,17,19H,2-5,8-10,18H2,1H3. The molecule has 1 aliphatic carbocycles. The summed E-state index contributed by atoms with van der Waals surface area (Å²) in [7, 11) is 0. The summed E-state index contributed by atoms with van der Waals surface area (Å²) in [6.07, 6.45) is 6.06. The highest BCUT2D eigenvalue weighted by molar-refractivity contribution is 5.44. The lowest BCUT2D eigenvalue weighted by molar-refractivity contribution is 0.224. The lowest BCUT2D eigenvalue weighted by atomic mass is 9.77. The summed E-state index contributed by atoms with van der Waals surface area (Å²) in [5, 5.41) is 0. The third kappa shape index (κ3) is 3.33. The summed E-state index contributed by atoms with van der Waals surface area (Å²) in [6, 6.07) is 6.44. The Morgan fingerprint density at radius 2 is 1.95 bits per heavy atom. The monoisotopic (exact) mass is 290 g/mol. The topological polar surface area (TPSA) is 56.5 Å². The van der Waals surface area contributed by atoms with Gasteiger partial charge < -0.3 is 9.47 Å². The second kappa shape index (κ2) is 6.67. The fraction of sp³-hybridized carbons (Fsp3) is 0.647. The molecule has 0 radical (unpaired) electrons. The van der Waals surface area contributed by atoms with Crippen LogP contribution in [-0.2, 0) is 0 Å². The second-order valence-corrected chi connectivity index (χ2v) is 6.43. The number of fused-ring (bicyclic) bond motifs is 1. The number of hydrazine groups is 1. The minimum absolute atomic E-state index is 0.199. The molecule has 4 nitrogen and oxygen atoms in total. The van der Waals surface area contributed by atoms with E-state index in [-0.39, 0.29) is 6.04 Å². The van der Waals surface area contributed by atoms with Crippen LogP contribution >= 0.6 is 0 Å². The van der Waals surface area contributed by atoms with E-state index in [1.165, 1.54) is 31.2 Å². The summed E-state index contributed by atoms with van der Waals surface area (Å²) in [6.45, 7) is 3.79. The summed E-state index contributed by atoms with van der Waals surface area (Å²) in [4.78, 5) is 0. The van der Waals surface area contributed by atoms with E-state index in [1.807, 2.05) is 6.07 Å². The third-order valence-electron chi connectivity index (χ3n) is 4.76. The number of hydrogen-bond donors (Lipinski definition) is 2. The molecule has 1 heterocycles. The van der Waals surface area contributed by atoms with Crippen LogP contribution in [0, 0.1) is 11.8 Å². The number of nitrogens with two attached hydrogens (primary N) is 1. The van der Waals surface area contributed by atoms with Crippen molar-refractivity contribution in [3.05, 3.63) is 23.8 Å². The van der Waals surface area contributed by atoms with Crippen molar-refractivity contribution in [3.8, 4) is 11.5 Å². The summed E-state index contributed by atoms with van der Waals surface area (Å²) >= 11 is 0. The molecule has 4 heteroatoms. The first-order chi connectivity index (χ1) is 10.3. The van der Waals surface area contributed by atoms with Gasteiger partial charge in [0, 0.05) is 12.5 Å². The van der Waals surface area contributed by atoms with Gasteiger partial charge in [0.1, 0.15) is 0 Å². The zero-order chi connectivity index (χ0) is 14.7. The Morgan fingerprint density at radius 3 is 2.71 bits per heavy atom. The minimum Gasteiger partial charge on any atom is -0.490 e. The molecule has 1 fully saturated rings. The number of nitrogens with one attached hydrogen (secondary N) is 1. The van der Waals surface area contributed by atoms with E-state index in [0.717, 1.165) is 37.1 Å². The van der Waals surface area contributed by atoms with E-state index in [2.05, 4.69) is 24.5 Å². The SMILES string of the molecule is CC1CCCC(C(NN)c2ccc3c(c2)OCCCO3)C1. The third-order valence-corrected chi connectivity index (χ3v) is 4.76. The van der Waals surface area contributed by atoms with E-state index in [4.69, 9.17) is 15.3 Å². The van der Waals surface area contributed by atoms with Gasteiger partial charge in [-0.15, -0.1) is 0 Å². The first-order valence-electron chi connectivity index (χ1n) is 8.13. The van der Waals surface area contributed by atoms with Crippen molar-refractivity contribution in [2.45, 2.75) is 45.1 Å². The van der Waals surface area contributed by atoms with Gasteiger partial charge >= 0.3 is 0 Å². The number of ether oxygens (including phenoxy) is 2. The van der Waals surface area contributed by atoms with Gasteiger partial charge in [0.2, 0.25) is 0 Å². The maximum absolute atomic E-state index is 5.87. The molecule has 1 saturated carbocycles. The van der Waals surface area contributed by atoms with Crippen molar-refractivity contribution in [2.24, 2.45) is 17.7 Å². The maximum atomic E-state index is 5.87. The summed E-state index contributed by atoms with van der Waals surface area (Å²) in [5.41, 5.74) is 4.24. The van der Waals surface area contributed by atoms with E-state index in [1.54, 1.807) is 0 Å². The van der Waals surface area contributed by atoms with Gasteiger partial charge in [-0.1, -0.05) is 25.8 Å². The first-order valence-corrected chi connectivity index (χ1v) is 8.13. The molecular weight excluding hydrogens is 264 g/mol. The van der Waals surface area contributed by atoms with Crippen LogP contribution in [0.5, 0.6) is 11.5 Å². The second-order valence-electron chi connectivity index (χ2n) is 6.43. The average Bonchev–Trinajstić information content (AvgIpc) is 2.73. The molecule has 3 atom stereocenters. The molecule has 0 bridgehead atoms. The average molecular weight is 290 g/mol. The fourth-order valence-electron chi connectivity index (χ4n) is 3.66. The molecule has 1 aromatic rings. The Morgan fingerprint density at radius 1 is 1.14 bits per heavy atom. The number of benzene rings is 1. The van der Waals surface area contributed by atoms with Crippen LogP contribution in [-0.4, -0.2) is 13.2 Å². The zero-order valence-corrected chi connectivity index (χ0v) is 12.8. The van der Waals surface area contributed by atoms with Gasteiger partial charge in [-0.3, -0.25) is 11.3 Å². The highest BCUT2D eigenvalue weighted by Crippen LogP contribution is 2.39. The van der Waals surface area contributed by atoms with Gasteiger partial charge in [-0.25, -0.2) is 0 Å². The summed E-state index contributed by atoms with van der Waals surface area (Å²) < 4.78 is 11.5. The van der Waals surface area contributed by atoms with E-state index < -0.39 is 0 Å². The van der Waals surface area contributed by atoms with Crippen LogP contribution in [0.3, 0.4) is 0 Å². The predicted octanol–water partition coefficient (Wildman–Crippen LogP) is 3.18. The van der Waals surface area contributed by atoms with E-state index in [0.29, 0.717) is 5.92 Å². The van der Waals surface area contributed by atoms with Crippen molar-refractivity contribution in [1.29, 1.82) is 0 Å². The van der Waals surface area contributed by atoms with Gasteiger partial charge in [0.25, 0.3) is 0 Å². The van der Waals surface area contributed by atoms with Crippen LogP contribution in [0.1, 0.15) is 50.6 Å². The van der Waals surface area contributed by atoms with Crippen LogP contribution in [0.2, 0.25) is 0 Å². The lowest BCUT2D eigenvalue weighted by Crippen LogP contribution is -2.35. The zero-order valence-electron chi connectivity index (χ0n) is 12.8. The summed E-state index contributed by atoms with van der Waals surface area (Å²) in [5.74, 6) is 8.96. The van der Waals surface area contributed by atoms with Crippen molar-refractivity contribution in [2.75, 3.05) is 13.2 Å². The van der Waals surface area contributed by atoms with Crippen LogP contribution in [0.15, 0.2) is 18.2 Å². The largest absolute Gasteiger partial charge is 0.490 e. The molecule has 2 aliphatic rings. The Kier molecular flexibility index (Phi) is 4.66. The molecule has 1 aliphatic heterocycles. The molecule has 3 rings (SSSR count). The van der Waals surface area contributed by atoms with Crippen LogP contribution in [0.4, 0.5) is 0 Å². The first kappa shape index (κ1) is 14.7.